The van der Waals surface area contributed by atoms with E-state index in [2.05, 4.69) is 28.7 Å². The third kappa shape index (κ3) is 1.99. The summed E-state index contributed by atoms with van der Waals surface area (Å²) in [5.74, 6) is 1.39. The SMILES string of the molecule is CCn1cc(-c2cccc(OC)c2)c2cnc(N)cc21. The molecular formula is C16H17N3O. The van der Waals surface area contributed by atoms with Crippen molar-refractivity contribution >= 4 is 16.7 Å². The van der Waals surface area contributed by atoms with Crippen molar-refractivity contribution in [3.8, 4) is 16.9 Å². The van der Waals surface area contributed by atoms with Crippen LogP contribution in [0.5, 0.6) is 5.75 Å². The Hall–Kier alpha value is -2.49. The Morgan fingerprint density at radius 3 is 2.90 bits per heavy atom. The molecule has 3 aromatic rings. The molecule has 0 saturated heterocycles. The Balaban J connectivity index is 2.25. The molecule has 0 aliphatic rings. The Morgan fingerprint density at radius 2 is 2.15 bits per heavy atom. The minimum absolute atomic E-state index is 0.544. The quantitative estimate of drug-likeness (QED) is 0.792. The van der Waals surface area contributed by atoms with Gasteiger partial charge in [0.2, 0.25) is 0 Å². The first-order valence-corrected chi connectivity index (χ1v) is 6.61. The second kappa shape index (κ2) is 4.89. The van der Waals surface area contributed by atoms with Gasteiger partial charge in [-0.2, -0.15) is 0 Å². The predicted molar refractivity (Wildman–Crippen MR) is 81.8 cm³/mol. The van der Waals surface area contributed by atoms with E-state index in [0.717, 1.165) is 34.3 Å². The molecule has 102 valence electrons. The third-order valence-corrected chi connectivity index (χ3v) is 3.51. The van der Waals surface area contributed by atoms with Crippen LogP contribution in [0.4, 0.5) is 5.82 Å². The molecule has 4 heteroatoms. The van der Waals surface area contributed by atoms with Crippen molar-refractivity contribution in [2.75, 3.05) is 12.8 Å². The molecule has 20 heavy (non-hydrogen) atoms. The van der Waals surface area contributed by atoms with E-state index < -0.39 is 0 Å². The number of nitrogens with zero attached hydrogens (tertiary/aromatic N) is 2. The van der Waals surface area contributed by atoms with Gasteiger partial charge in [0, 0.05) is 36.0 Å². The van der Waals surface area contributed by atoms with Crippen molar-refractivity contribution in [1.82, 2.24) is 9.55 Å². The van der Waals surface area contributed by atoms with Crippen molar-refractivity contribution in [2.45, 2.75) is 13.5 Å². The van der Waals surface area contributed by atoms with Crippen LogP contribution >= 0.6 is 0 Å². The standard InChI is InChI=1S/C16H17N3O/c1-3-19-10-14(11-5-4-6-12(7-11)20-2)13-9-18-16(17)8-15(13)19/h4-10H,3H2,1-2H3,(H2,17,18). The number of aryl methyl sites for hydroxylation is 1. The molecule has 1 aromatic carbocycles. The Bertz CT molecular complexity index is 762. The maximum atomic E-state index is 5.80. The Labute approximate surface area is 117 Å². The number of anilines is 1. The summed E-state index contributed by atoms with van der Waals surface area (Å²) in [5.41, 5.74) is 9.17. The molecule has 0 saturated carbocycles. The van der Waals surface area contributed by atoms with E-state index in [9.17, 15) is 0 Å². The average Bonchev–Trinajstić information content (AvgIpc) is 2.85. The lowest BCUT2D eigenvalue weighted by molar-refractivity contribution is 0.415. The van der Waals surface area contributed by atoms with E-state index >= 15 is 0 Å². The van der Waals surface area contributed by atoms with Crippen LogP contribution < -0.4 is 10.5 Å². The van der Waals surface area contributed by atoms with Gasteiger partial charge in [-0.05, 0) is 24.6 Å². The summed E-state index contributed by atoms with van der Waals surface area (Å²) in [5, 5.41) is 1.11. The third-order valence-electron chi connectivity index (χ3n) is 3.51. The number of rotatable bonds is 3. The average molecular weight is 267 g/mol. The predicted octanol–water partition coefficient (Wildman–Crippen LogP) is 3.31. The zero-order valence-corrected chi connectivity index (χ0v) is 11.6. The Morgan fingerprint density at radius 1 is 1.30 bits per heavy atom. The highest BCUT2D eigenvalue weighted by molar-refractivity contribution is 5.96. The van der Waals surface area contributed by atoms with Crippen LogP contribution in [0.3, 0.4) is 0 Å². The number of aromatic nitrogens is 2. The summed E-state index contributed by atoms with van der Waals surface area (Å²) >= 11 is 0. The van der Waals surface area contributed by atoms with Gasteiger partial charge in [-0.1, -0.05) is 12.1 Å². The lowest BCUT2D eigenvalue weighted by atomic mass is 10.1. The normalized spacial score (nSPS) is 10.9. The Kier molecular flexibility index (Phi) is 3.06. The molecule has 0 fully saturated rings. The molecule has 0 aliphatic heterocycles. The summed E-state index contributed by atoms with van der Waals surface area (Å²) < 4.78 is 7.48. The molecule has 0 radical (unpaired) electrons. The minimum Gasteiger partial charge on any atom is -0.497 e. The minimum atomic E-state index is 0.544. The molecule has 0 atom stereocenters. The number of ether oxygens (including phenoxy) is 1. The summed E-state index contributed by atoms with van der Waals surface area (Å²) in [6.07, 6.45) is 3.98. The smallest absolute Gasteiger partial charge is 0.125 e. The number of nitrogen functional groups attached to an aromatic ring is 1. The van der Waals surface area contributed by atoms with Gasteiger partial charge in [0.05, 0.1) is 12.6 Å². The summed E-state index contributed by atoms with van der Waals surface area (Å²) in [6, 6.07) is 9.97. The van der Waals surface area contributed by atoms with Crippen LogP contribution in [0.25, 0.3) is 22.0 Å². The van der Waals surface area contributed by atoms with E-state index in [1.165, 1.54) is 0 Å². The maximum Gasteiger partial charge on any atom is 0.125 e. The highest BCUT2D eigenvalue weighted by Crippen LogP contribution is 2.32. The van der Waals surface area contributed by atoms with Gasteiger partial charge in [-0.25, -0.2) is 4.98 Å². The molecule has 2 heterocycles. The zero-order chi connectivity index (χ0) is 14.1. The van der Waals surface area contributed by atoms with Crippen LogP contribution in [-0.4, -0.2) is 16.7 Å². The van der Waals surface area contributed by atoms with E-state index in [-0.39, 0.29) is 0 Å². The van der Waals surface area contributed by atoms with E-state index in [1.807, 2.05) is 30.5 Å². The largest absolute Gasteiger partial charge is 0.497 e. The second-order valence-corrected chi connectivity index (χ2v) is 4.69. The van der Waals surface area contributed by atoms with E-state index in [1.54, 1.807) is 7.11 Å². The zero-order valence-electron chi connectivity index (χ0n) is 11.6. The van der Waals surface area contributed by atoms with Crippen LogP contribution in [0, 0.1) is 0 Å². The first kappa shape index (κ1) is 12.5. The lowest BCUT2D eigenvalue weighted by Gasteiger charge is -2.03. The first-order chi connectivity index (χ1) is 9.72. The van der Waals surface area contributed by atoms with Gasteiger partial charge in [-0.15, -0.1) is 0 Å². The van der Waals surface area contributed by atoms with Crippen molar-refractivity contribution < 1.29 is 4.74 Å². The highest BCUT2D eigenvalue weighted by atomic mass is 16.5. The first-order valence-electron chi connectivity index (χ1n) is 6.61. The molecule has 0 aliphatic carbocycles. The maximum absolute atomic E-state index is 5.80. The molecule has 2 N–H and O–H groups in total. The molecule has 2 aromatic heterocycles. The summed E-state index contributed by atoms with van der Waals surface area (Å²) in [4.78, 5) is 4.22. The van der Waals surface area contributed by atoms with Crippen molar-refractivity contribution in [3.05, 3.63) is 42.7 Å². The van der Waals surface area contributed by atoms with Crippen molar-refractivity contribution in [1.29, 1.82) is 0 Å². The number of hydrogen-bond acceptors (Lipinski definition) is 3. The second-order valence-electron chi connectivity index (χ2n) is 4.69. The molecule has 4 nitrogen and oxygen atoms in total. The van der Waals surface area contributed by atoms with Gasteiger partial charge >= 0.3 is 0 Å². The van der Waals surface area contributed by atoms with Crippen LogP contribution in [0.1, 0.15) is 6.92 Å². The fraction of sp³-hybridized carbons (Fsp3) is 0.188. The van der Waals surface area contributed by atoms with Gasteiger partial charge in [0.25, 0.3) is 0 Å². The van der Waals surface area contributed by atoms with E-state index in [0.29, 0.717) is 5.82 Å². The van der Waals surface area contributed by atoms with Crippen molar-refractivity contribution in [2.24, 2.45) is 0 Å². The molecule has 0 amide bonds. The molecular weight excluding hydrogens is 250 g/mol. The molecule has 0 spiro atoms. The summed E-state index contributed by atoms with van der Waals surface area (Å²) in [6.45, 7) is 3.01. The number of methoxy groups -OCH3 is 1. The number of pyridine rings is 1. The number of fused-ring (bicyclic) bond motifs is 1. The van der Waals surface area contributed by atoms with Gasteiger partial charge in [0.15, 0.2) is 0 Å². The van der Waals surface area contributed by atoms with Gasteiger partial charge in [-0.3, -0.25) is 0 Å². The number of hydrogen-bond donors (Lipinski definition) is 1. The lowest BCUT2D eigenvalue weighted by Crippen LogP contribution is -1.93. The number of benzene rings is 1. The number of nitrogens with two attached hydrogens (primary N) is 1. The fourth-order valence-corrected chi connectivity index (χ4v) is 2.48. The molecule has 0 unspecified atom stereocenters. The fourth-order valence-electron chi connectivity index (χ4n) is 2.48. The van der Waals surface area contributed by atoms with Crippen LogP contribution in [0.2, 0.25) is 0 Å². The topological polar surface area (TPSA) is 53.1 Å². The monoisotopic (exact) mass is 267 g/mol. The highest BCUT2D eigenvalue weighted by Gasteiger charge is 2.11. The molecule has 0 bridgehead atoms. The van der Waals surface area contributed by atoms with Crippen molar-refractivity contribution in [3.63, 3.8) is 0 Å². The van der Waals surface area contributed by atoms with Crippen LogP contribution in [-0.2, 0) is 6.54 Å². The van der Waals surface area contributed by atoms with E-state index in [4.69, 9.17) is 10.5 Å². The summed E-state index contributed by atoms with van der Waals surface area (Å²) in [7, 11) is 1.68. The van der Waals surface area contributed by atoms with Gasteiger partial charge < -0.3 is 15.0 Å². The van der Waals surface area contributed by atoms with Crippen LogP contribution in [0.15, 0.2) is 42.7 Å². The molecule has 3 rings (SSSR count). The van der Waals surface area contributed by atoms with Gasteiger partial charge in [0.1, 0.15) is 11.6 Å².